The Morgan fingerprint density at radius 1 is 1.19 bits per heavy atom. The first-order chi connectivity index (χ1) is 7.59. The second kappa shape index (κ2) is 4.77. The van der Waals surface area contributed by atoms with Crippen LogP contribution in [0.5, 0.6) is 0 Å². The smallest absolute Gasteiger partial charge is 0.204 e. The first kappa shape index (κ1) is 12.0. The third-order valence-electron chi connectivity index (χ3n) is 2.01. The summed E-state index contributed by atoms with van der Waals surface area (Å²) in [6, 6.07) is 6.06. The fourth-order valence-electron chi connectivity index (χ4n) is 1.22. The topological polar surface area (TPSA) is 17.1 Å². The molecule has 0 unspecified atom stereocenters. The average molecular weight is 364 g/mol. The monoisotopic (exact) mass is 362 g/mol. The summed E-state index contributed by atoms with van der Waals surface area (Å²) >= 11 is 7.72. The Morgan fingerprint density at radius 3 is 2.50 bits per heavy atom. The van der Waals surface area contributed by atoms with E-state index in [1.54, 1.807) is 0 Å². The third kappa shape index (κ3) is 2.26. The minimum Gasteiger partial charge on any atom is -0.288 e. The van der Waals surface area contributed by atoms with Crippen LogP contribution in [0.25, 0.3) is 0 Å². The van der Waals surface area contributed by atoms with Gasteiger partial charge in [-0.1, -0.05) is 0 Å². The second-order valence-electron chi connectivity index (χ2n) is 3.06. The number of benzene rings is 1. The van der Waals surface area contributed by atoms with Crippen LogP contribution in [0.2, 0.25) is 0 Å². The molecule has 1 aromatic heterocycles. The minimum atomic E-state index is -0.373. The molecule has 5 heteroatoms. The predicted molar refractivity (Wildman–Crippen MR) is 69.6 cm³/mol. The Labute approximate surface area is 113 Å². The molecule has 0 atom stereocenters. The Balaban J connectivity index is 2.42. The molecule has 0 saturated heterocycles. The molecule has 0 radical (unpaired) electrons. The Kier molecular flexibility index (Phi) is 3.56. The number of halogens is 3. The predicted octanol–water partition coefficient (Wildman–Crippen LogP) is 4.64. The highest BCUT2D eigenvalue weighted by atomic mass is 79.9. The number of rotatable bonds is 2. The number of hydrogen-bond donors (Lipinski definition) is 0. The van der Waals surface area contributed by atoms with E-state index in [9.17, 15) is 9.18 Å². The molecule has 0 aliphatic carbocycles. The molecule has 0 N–H and O–H groups in total. The van der Waals surface area contributed by atoms with Crippen LogP contribution < -0.4 is 0 Å². The van der Waals surface area contributed by atoms with Crippen LogP contribution in [0.3, 0.4) is 0 Å². The highest BCUT2D eigenvalue weighted by molar-refractivity contribution is 9.10. The average Bonchev–Trinajstić information content (AvgIpc) is 2.67. The lowest BCUT2D eigenvalue weighted by molar-refractivity contribution is 0.104. The van der Waals surface area contributed by atoms with E-state index in [2.05, 4.69) is 31.9 Å². The molecule has 1 heterocycles. The summed E-state index contributed by atoms with van der Waals surface area (Å²) in [7, 11) is 0. The van der Waals surface area contributed by atoms with E-state index in [1.807, 2.05) is 11.4 Å². The zero-order valence-electron chi connectivity index (χ0n) is 7.84. The molecule has 2 aromatic rings. The van der Waals surface area contributed by atoms with Gasteiger partial charge in [0, 0.05) is 10.0 Å². The molecule has 2 rings (SSSR count). The summed E-state index contributed by atoms with van der Waals surface area (Å²) in [6.45, 7) is 0. The number of hydrogen-bond acceptors (Lipinski definition) is 2. The van der Waals surface area contributed by atoms with Crippen molar-refractivity contribution >= 4 is 49.0 Å². The molecule has 0 bridgehead atoms. The van der Waals surface area contributed by atoms with Crippen LogP contribution in [0.4, 0.5) is 4.39 Å². The molecular formula is C11H5Br2FOS. The van der Waals surface area contributed by atoms with Crippen molar-refractivity contribution in [2.45, 2.75) is 0 Å². The number of thiophene rings is 1. The van der Waals surface area contributed by atoms with E-state index in [4.69, 9.17) is 0 Å². The van der Waals surface area contributed by atoms with Crippen molar-refractivity contribution in [2.24, 2.45) is 0 Å². The highest BCUT2D eigenvalue weighted by Crippen LogP contribution is 2.27. The van der Waals surface area contributed by atoms with Crippen molar-refractivity contribution < 1.29 is 9.18 Å². The van der Waals surface area contributed by atoms with Gasteiger partial charge in [0.15, 0.2) is 0 Å². The Hall–Kier alpha value is -0.520. The number of ketones is 1. The Bertz CT molecular complexity index is 551. The Morgan fingerprint density at radius 2 is 1.94 bits per heavy atom. The van der Waals surface area contributed by atoms with E-state index in [0.29, 0.717) is 14.9 Å². The van der Waals surface area contributed by atoms with Gasteiger partial charge in [-0.25, -0.2) is 4.39 Å². The van der Waals surface area contributed by atoms with E-state index in [1.165, 1.54) is 29.5 Å². The molecule has 0 spiro atoms. The number of carbonyl (C=O) groups excluding carboxylic acids is 1. The van der Waals surface area contributed by atoms with Crippen molar-refractivity contribution in [1.29, 1.82) is 0 Å². The molecule has 16 heavy (non-hydrogen) atoms. The fraction of sp³-hybridized carbons (Fsp3) is 0. The molecule has 82 valence electrons. The molecule has 0 saturated carbocycles. The van der Waals surface area contributed by atoms with Gasteiger partial charge in [-0.05, 0) is 61.5 Å². The second-order valence-corrected chi connectivity index (χ2v) is 5.68. The first-order valence-electron chi connectivity index (χ1n) is 4.32. The summed E-state index contributed by atoms with van der Waals surface area (Å²) in [5.74, 6) is -0.482. The zero-order chi connectivity index (χ0) is 11.7. The van der Waals surface area contributed by atoms with Crippen molar-refractivity contribution in [3.05, 3.63) is 54.8 Å². The van der Waals surface area contributed by atoms with Gasteiger partial charge in [0.05, 0.1) is 9.35 Å². The van der Waals surface area contributed by atoms with Crippen LogP contribution in [-0.2, 0) is 0 Å². The van der Waals surface area contributed by atoms with E-state index in [0.717, 1.165) is 4.47 Å². The molecule has 0 fully saturated rings. The molecular weight excluding hydrogens is 359 g/mol. The van der Waals surface area contributed by atoms with Gasteiger partial charge >= 0.3 is 0 Å². The molecule has 0 aliphatic rings. The molecule has 1 aromatic carbocycles. The SMILES string of the molecule is O=C(c1ccc(F)c(Br)c1)c1sccc1Br. The van der Waals surface area contributed by atoms with Gasteiger partial charge in [-0.3, -0.25) is 4.79 Å². The molecule has 0 aliphatic heterocycles. The van der Waals surface area contributed by atoms with Gasteiger partial charge in [-0.15, -0.1) is 11.3 Å². The van der Waals surface area contributed by atoms with Crippen molar-refractivity contribution in [3.63, 3.8) is 0 Å². The summed E-state index contributed by atoms with van der Waals surface area (Å²) in [6.07, 6.45) is 0. The van der Waals surface area contributed by atoms with Crippen LogP contribution in [-0.4, -0.2) is 5.78 Å². The van der Waals surface area contributed by atoms with Crippen LogP contribution >= 0.6 is 43.2 Å². The maximum Gasteiger partial charge on any atom is 0.204 e. The van der Waals surface area contributed by atoms with Crippen molar-refractivity contribution in [3.8, 4) is 0 Å². The maximum atomic E-state index is 13.0. The van der Waals surface area contributed by atoms with Gasteiger partial charge in [0.25, 0.3) is 0 Å². The summed E-state index contributed by atoms with van der Waals surface area (Å²) < 4.78 is 14.1. The van der Waals surface area contributed by atoms with Crippen LogP contribution in [0.15, 0.2) is 38.6 Å². The van der Waals surface area contributed by atoms with Gasteiger partial charge in [0.1, 0.15) is 5.82 Å². The lowest BCUT2D eigenvalue weighted by Gasteiger charge is -2.01. The number of carbonyl (C=O) groups is 1. The van der Waals surface area contributed by atoms with Crippen LogP contribution in [0.1, 0.15) is 15.2 Å². The third-order valence-corrected chi connectivity index (χ3v) is 4.45. The standard InChI is InChI=1S/C11H5Br2FOS/c12-7-3-4-16-11(7)10(15)6-1-2-9(14)8(13)5-6/h1-5H. The maximum absolute atomic E-state index is 13.0. The summed E-state index contributed by atoms with van der Waals surface area (Å²) in [5.41, 5.74) is 0.469. The largest absolute Gasteiger partial charge is 0.288 e. The lowest BCUT2D eigenvalue weighted by Crippen LogP contribution is -1.99. The molecule has 1 nitrogen and oxygen atoms in total. The fourth-order valence-corrected chi connectivity index (χ4v) is 3.12. The normalized spacial score (nSPS) is 10.4. The van der Waals surface area contributed by atoms with E-state index >= 15 is 0 Å². The van der Waals surface area contributed by atoms with E-state index < -0.39 is 0 Å². The van der Waals surface area contributed by atoms with E-state index in [-0.39, 0.29) is 11.6 Å². The summed E-state index contributed by atoms with van der Waals surface area (Å²) in [4.78, 5) is 12.7. The van der Waals surface area contributed by atoms with Crippen molar-refractivity contribution in [2.75, 3.05) is 0 Å². The van der Waals surface area contributed by atoms with Gasteiger partial charge < -0.3 is 0 Å². The lowest BCUT2D eigenvalue weighted by atomic mass is 10.1. The van der Waals surface area contributed by atoms with Crippen molar-refractivity contribution in [1.82, 2.24) is 0 Å². The van der Waals surface area contributed by atoms with Gasteiger partial charge in [-0.2, -0.15) is 0 Å². The molecule has 0 amide bonds. The first-order valence-corrected chi connectivity index (χ1v) is 6.79. The quantitative estimate of drug-likeness (QED) is 0.710. The zero-order valence-corrected chi connectivity index (χ0v) is 11.8. The van der Waals surface area contributed by atoms with Gasteiger partial charge in [0.2, 0.25) is 5.78 Å². The minimum absolute atomic E-state index is 0.109. The highest BCUT2D eigenvalue weighted by Gasteiger charge is 2.15. The van der Waals surface area contributed by atoms with Crippen LogP contribution in [0, 0.1) is 5.82 Å². The summed E-state index contributed by atoms with van der Waals surface area (Å²) in [5, 5.41) is 1.83.